The van der Waals surface area contributed by atoms with Crippen LogP contribution in [0.25, 0.3) is 0 Å². The number of piperidine rings is 1. The molecule has 1 heterocycles. The lowest BCUT2D eigenvalue weighted by Gasteiger charge is -2.30. The Morgan fingerprint density at radius 2 is 1.70 bits per heavy atom. The summed E-state index contributed by atoms with van der Waals surface area (Å²) in [6.45, 7) is 7.13. The minimum atomic E-state index is -3.51. The molecule has 6 heteroatoms. The summed E-state index contributed by atoms with van der Waals surface area (Å²) in [6, 6.07) is 12.0. The SMILES string of the molecule is Cc1cc(C)cc(NC(=O)c2ccc(S(=O)(=O)N3CCCC(C)C3)cc2)c1. The van der Waals surface area contributed by atoms with E-state index in [0.717, 1.165) is 29.7 Å². The third-order valence-corrected chi connectivity index (χ3v) is 6.73. The van der Waals surface area contributed by atoms with Crippen LogP contribution < -0.4 is 5.32 Å². The molecule has 0 bridgehead atoms. The summed E-state index contributed by atoms with van der Waals surface area (Å²) in [6.07, 6.45) is 1.94. The van der Waals surface area contributed by atoms with Gasteiger partial charge in [-0.1, -0.05) is 13.0 Å². The van der Waals surface area contributed by atoms with E-state index in [0.29, 0.717) is 24.6 Å². The van der Waals surface area contributed by atoms with Gasteiger partial charge in [-0.05, 0) is 80.1 Å². The monoisotopic (exact) mass is 386 g/mol. The molecule has 0 aliphatic carbocycles. The van der Waals surface area contributed by atoms with Gasteiger partial charge in [0.2, 0.25) is 10.0 Å². The lowest BCUT2D eigenvalue weighted by atomic mass is 10.0. The molecular formula is C21H26N2O3S. The summed E-state index contributed by atoms with van der Waals surface area (Å²) >= 11 is 0. The van der Waals surface area contributed by atoms with Gasteiger partial charge in [0.25, 0.3) is 5.91 Å². The molecule has 1 amide bonds. The van der Waals surface area contributed by atoms with Crippen molar-refractivity contribution in [1.29, 1.82) is 0 Å². The van der Waals surface area contributed by atoms with Gasteiger partial charge in [0.15, 0.2) is 0 Å². The van der Waals surface area contributed by atoms with Crippen molar-refractivity contribution in [1.82, 2.24) is 4.31 Å². The number of hydrogen-bond acceptors (Lipinski definition) is 3. The highest BCUT2D eigenvalue weighted by Crippen LogP contribution is 2.24. The molecule has 1 aliphatic heterocycles. The number of hydrogen-bond donors (Lipinski definition) is 1. The van der Waals surface area contributed by atoms with Crippen LogP contribution in [-0.4, -0.2) is 31.7 Å². The standard InChI is InChI=1S/C21H26N2O3S/c1-15-5-4-10-23(14-15)27(25,26)20-8-6-18(7-9-20)21(24)22-19-12-16(2)11-17(3)13-19/h6-9,11-13,15H,4-5,10,14H2,1-3H3,(H,22,24). The first kappa shape index (κ1) is 19.6. The Labute approximate surface area is 161 Å². The maximum Gasteiger partial charge on any atom is 0.255 e. The van der Waals surface area contributed by atoms with Gasteiger partial charge in [0.05, 0.1) is 4.90 Å². The molecule has 1 unspecified atom stereocenters. The maximum atomic E-state index is 12.8. The largest absolute Gasteiger partial charge is 0.322 e. The lowest BCUT2D eigenvalue weighted by Crippen LogP contribution is -2.39. The molecule has 0 radical (unpaired) electrons. The molecule has 0 aromatic heterocycles. The summed E-state index contributed by atoms with van der Waals surface area (Å²) in [4.78, 5) is 12.7. The van der Waals surface area contributed by atoms with Crippen molar-refractivity contribution in [3.05, 3.63) is 59.2 Å². The summed E-state index contributed by atoms with van der Waals surface area (Å²) in [7, 11) is -3.51. The average Bonchev–Trinajstić information content (AvgIpc) is 2.61. The molecule has 1 N–H and O–H groups in total. The van der Waals surface area contributed by atoms with Crippen LogP contribution in [0.3, 0.4) is 0 Å². The van der Waals surface area contributed by atoms with E-state index in [9.17, 15) is 13.2 Å². The third-order valence-electron chi connectivity index (χ3n) is 4.85. The molecule has 1 atom stereocenters. The van der Waals surface area contributed by atoms with Gasteiger partial charge in [0, 0.05) is 24.3 Å². The summed E-state index contributed by atoms with van der Waals surface area (Å²) in [5, 5.41) is 2.87. The first-order valence-electron chi connectivity index (χ1n) is 9.25. The third kappa shape index (κ3) is 4.57. The Balaban J connectivity index is 1.75. The van der Waals surface area contributed by atoms with Crippen LogP contribution >= 0.6 is 0 Å². The molecule has 0 saturated carbocycles. The van der Waals surface area contributed by atoms with Crippen LogP contribution in [0.1, 0.15) is 41.3 Å². The zero-order valence-corrected chi connectivity index (χ0v) is 16.8. The van der Waals surface area contributed by atoms with Gasteiger partial charge >= 0.3 is 0 Å². The van der Waals surface area contributed by atoms with Crippen molar-refractivity contribution >= 4 is 21.6 Å². The second-order valence-electron chi connectivity index (χ2n) is 7.47. The average molecular weight is 387 g/mol. The van der Waals surface area contributed by atoms with E-state index in [4.69, 9.17) is 0 Å². The molecule has 144 valence electrons. The van der Waals surface area contributed by atoms with Crippen molar-refractivity contribution in [3.8, 4) is 0 Å². The minimum absolute atomic E-state index is 0.236. The van der Waals surface area contributed by atoms with Crippen molar-refractivity contribution in [3.63, 3.8) is 0 Å². The number of rotatable bonds is 4. The van der Waals surface area contributed by atoms with E-state index >= 15 is 0 Å². The van der Waals surface area contributed by atoms with Crippen molar-refractivity contribution < 1.29 is 13.2 Å². The van der Waals surface area contributed by atoms with E-state index in [2.05, 4.69) is 12.2 Å². The van der Waals surface area contributed by atoms with Crippen molar-refractivity contribution in [2.24, 2.45) is 5.92 Å². The molecule has 1 aliphatic rings. The normalized spacial score (nSPS) is 18.3. The molecule has 3 rings (SSSR count). The van der Waals surface area contributed by atoms with Crippen LogP contribution in [0.4, 0.5) is 5.69 Å². The fourth-order valence-electron chi connectivity index (χ4n) is 3.54. The van der Waals surface area contributed by atoms with Crippen molar-refractivity contribution in [2.45, 2.75) is 38.5 Å². The highest BCUT2D eigenvalue weighted by atomic mass is 32.2. The second kappa shape index (κ2) is 7.82. The number of carbonyl (C=O) groups is 1. The van der Waals surface area contributed by atoms with Gasteiger partial charge < -0.3 is 5.32 Å². The van der Waals surface area contributed by atoms with Crippen LogP contribution in [0.5, 0.6) is 0 Å². The Kier molecular flexibility index (Phi) is 5.67. The fraction of sp³-hybridized carbons (Fsp3) is 0.381. The second-order valence-corrected chi connectivity index (χ2v) is 9.40. The number of amides is 1. The summed E-state index contributed by atoms with van der Waals surface area (Å²) < 4.78 is 27.2. The fourth-order valence-corrected chi connectivity index (χ4v) is 5.14. The van der Waals surface area contributed by atoms with Crippen LogP contribution in [0.2, 0.25) is 0 Å². The Morgan fingerprint density at radius 1 is 1.07 bits per heavy atom. The summed E-state index contributed by atoms with van der Waals surface area (Å²) in [5.74, 6) is 0.118. The van der Waals surface area contributed by atoms with E-state index in [1.807, 2.05) is 32.0 Å². The minimum Gasteiger partial charge on any atom is -0.322 e. The Bertz CT molecular complexity index is 916. The van der Waals surface area contributed by atoms with E-state index in [1.54, 1.807) is 16.4 Å². The quantitative estimate of drug-likeness (QED) is 0.864. The molecule has 1 fully saturated rings. The smallest absolute Gasteiger partial charge is 0.255 e. The number of anilines is 1. The van der Waals surface area contributed by atoms with Gasteiger partial charge in [-0.15, -0.1) is 0 Å². The molecule has 0 spiro atoms. The Hall–Kier alpha value is -2.18. The lowest BCUT2D eigenvalue weighted by molar-refractivity contribution is 0.102. The molecular weight excluding hydrogens is 360 g/mol. The number of nitrogens with one attached hydrogen (secondary N) is 1. The van der Waals surface area contributed by atoms with Crippen molar-refractivity contribution in [2.75, 3.05) is 18.4 Å². The zero-order valence-electron chi connectivity index (χ0n) is 16.0. The van der Waals surface area contributed by atoms with E-state index in [-0.39, 0.29) is 10.8 Å². The van der Waals surface area contributed by atoms with Crippen LogP contribution in [0.15, 0.2) is 47.4 Å². The zero-order chi connectivity index (χ0) is 19.6. The highest BCUT2D eigenvalue weighted by molar-refractivity contribution is 7.89. The molecule has 27 heavy (non-hydrogen) atoms. The number of aryl methyl sites for hydroxylation is 2. The van der Waals surface area contributed by atoms with E-state index in [1.165, 1.54) is 12.1 Å². The summed E-state index contributed by atoms with van der Waals surface area (Å²) in [5.41, 5.74) is 3.31. The Morgan fingerprint density at radius 3 is 2.30 bits per heavy atom. The maximum absolute atomic E-state index is 12.8. The number of sulfonamides is 1. The molecule has 1 saturated heterocycles. The van der Waals surface area contributed by atoms with Gasteiger partial charge in [0.1, 0.15) is 0 Å². The number of nitrogens with zero attached hydrogens (tertiary/aromatic N) is 1. The predicted molar refractivity (Wildman–Crippen MR) is 107 cm³/mol. The van der Waals surface area contributed by atoms with Gasteiger partial charge in [-0.25, -0.2) is 8.42 Å². The number of benzene rings is 2. The van der Waals surface area contributed by atoms with Crippen LogP contribution in [0, 0.1) is 19.8 Å². The topological polar surface area (TPSA) is 66.5 Å². The number of carbonyl (C=O) groups excluding carboxylic acids is 1. The predicted octanol–water partition coefficient (Wildman–Crippen LogP) is 3.98. The molecule has 2 aromatic carbocycles. The van der Waals surface area contributed by atoms with Crippen LogP contribution in [-0.2, 0) is 10.0 Å². The van der Waals surface area contributed by atoms with Gasteiger partial charge in [-0.2, -0.15) is 4.31 Å². The first-order valence-corrected chi connectivity index (χ1v) is 10.7. The first-order chi connectivity index (χ1) is 12.8. The van der Waals surface area contributed by atoms with E-state index < -0.39 is 10.0 Å². The molecule has 5 nitrogen and oxygen atoms in total. The highest BCUT2D eigenvalue weighted by Gasteiger charge is 2.28. The molecule has 2 aromatic rings. The van der Waals surface area contributed by atoms with Gasteiger partial charge in [-0.3, -0.25) is 4.79 Å².